The van der Waals surface area contributed by atoms with Gasteiger partial charge in [-0.2, -0.15) is 0 Å². The van der Waals surface area contributed by atoms with Crippen LogP contribution < -0.4 is 9.62 Å². The molecule has 5 heteroatoms. The molecule has 0 amide bonds. The van der Waals surface area contributed by atoms with E-state index in [1.165, 1.54) is 11.1 Å². The molecule has 1 heterocycles. The topological polar surface area (TPSA) is 49.4 Å². The average Bonchev–Trinajstić information content (AvgIpc) is 2.55. The molecule has 4 nitrogen and oxygen atoms in total. The van der Waals surface area contributed by atoms with Crippen LogP contribution in [0.4, 0.5) is 11.4 Å². The van der Waals surface area contributed by atoms with Gasteiger partial charge in [0, 0.05) is 24.5 Å². The van der Waals surface area contributed by atoms with Crippen LogP contribution >= 0.6 is 0 Å². The second-order valence-corrected chi connectivity index (χ2v) is 7.50. The van der Waals surface area contributed by atoms with E-state index in [0.29, 0.717) is 5.69 Å². The van der Waals surface area contributed by atoms with E-state index in [1.807, 2.05) is 24.3 Å². The van der Waals surface area contributed by atoms with Crippen molar-refractivity contribution in [2.75, 3.05) is 21.9 Å². The van der Waals surface area contributed by atoms with Gasteiger partial charge in [0.25, 0.3) is 0 Å². The third-order valence-corrected chi connectivity index (χ3v) is 5.32. The van der Waals surface area contributed by atoms with Crippen LogP contribution in [-0.2, 0) is 23.0 Å². The Morgan fingerprint density at radius 1 is 1.05 bits per heavy atom. The van der Waals surface area contributed by atoms with Crippen molar-refractivity contribution in [3.63, 3.8) is 0 Å². The highest BCUT2D eigenvalue weighted by molar-refractivity contribution is 7.92. The fourth-order valence-electron chi connectivity index (χ4n) is 2.71. The summed E-state index contributed by atoms with van der Waals surface area (Å²) in [6.07, 6.45) is 1.04. The molecular weight excluding hydrogens is 296 g/mol. The fraction of sp³-hybridized carbons (Fsp3) is 0.294. The van der Waals surface area contributed by atoms with Crippen molar-refractivity contribution in [1.82, 2.24) is 0 Å². The number of sulfonamides is 1. The van der Waals surface area contributed by atoms with Gasteiger partial charge < -0.3 is 4.90 Å². The third-order valence-electron chi connectivity index (χ3n) is 4.02. The first-order valence-corrected chi connectivity index (χ1v) is 9.15. The van der Waals surface area contributed by atoms with Gasteiger partial charge in [-0.05, 0) is 48.7 Å². The van der Waals surface area contributed by atoms with Crippen LogP contribution in [0.1, 0.15) is 18.1 Å². The summed E-state index contributed by atoms with van der Waals surface area (Å²) in [5.41, 5.74) is 4.52. The second kappa shape index (κ2) is 6.01. The van der Waals surface area contributed by atoms with E-state index >= 15 is 0 Å². The third kappa shape index (κ3) is 3.25. The number of anilines is 2. The molecule has 1 aliphatic heterocycles. The minimum Gasteiger partial charge on any atom is -0.367 e. The summed E-state index contributed by atoms with van der Waals surface area (Å²) in [7, 11) is -3.21. The summed E-state index contributed by atoms with van der Waals surface area (Å²) >= 11 is 0. The first-order valence-electron chi connectivity index (χ1n) is 7.50. The molecule has 0 unspecified atom stereocenters. The van der Waals surface area contributed by atoms with Gasteiger partial charge in [0.2, 0.25) is 10.0 Å². The maximum Gasteiger partial charge on any atom is 0.232 e. The second-order valence-electron chi connectivity index (χ2n) is 5.49. The normalized spacial score (nSPS) is 14.5. The first-order chi connectivity index (χ1) is 10.6. The Hall–Kier alpha value is -2.01. The first kappa shape index (κ1) is 14.9. The molecule has 1 N–H and O–H groups in total. The van der Waals surface area contributed by atoms with Gasteiger partial charge in [-0.25, -0.2) is 8.42 Å². The predicted octanol–water partition coefficient (Wildman–Crippen LogP) is 3.01. The summed E-state index contributed by atoms with van der Waals surface area (Å²) in [4.78, 5) is 2.32. The maximum absolute atomic E-state index is 11.6. The maximum atomic E-state index is 11.6. The van der Waals surface area contributed by atoms with Gasteiger partial charge in [-0.1, -0.05) is 24.3 Å². The van der Waals surface area contributed by atoms with Crippen molar-refractivity contribution >= 4 is 21.4 Å². The van der Waals surface area contributed by atoms with Gasteiger partial charge in [-0.3, -0.25) is 4.72 Å². The molecule has 0 bridgehead atoms. The van der Waals surface area contributed by atoms with Crippen molar-refractivity contribution in [2.24, 2.45) is 0 Å². The van der Waals surface area contributed by atoms with Gasteiger partial charge in [0.05, 0.1) is 5.75 Å². The Bertz CT molecular complexity index is 754. The number of rotatable bonds is 4. The highest BCUT2D eigenvalue weighted by Crippen LogP contribution is 2.25. The Morgan fingerprint density at radius 3 is 2.41 bits per heavy atom. The van der Waals surface area contributed by atoms with E-state index in [-0.39, 0.29) is 5.75 Å². The van der Waals surface area contributed by atoms with Crippen LogP contribution in [0.15, 0.2) is 48.5 Å². The molecular formula is C17H20N2O2S. The minimum atomic E-state index is -3.21. The van der Waals surface area contributed by atoms with E-state index in [2.05, 4.69) is 33.9 Å². The molecule has 22 heavy (non-hydrogen) atoms. The number of benzene rings is 2. The number of hydrogen-bond donors (Lipinski definition) is 1. The highest BCUT2D eigenvalue weighted by Gasteiger charge is 2.16. The zero-order valence-corrected chi connectivity index (χ0v) is 13.4. The number of hydrogen-bond acceptors (Lipinski definition) is 3. The smallest absolute Gasteiger partial charge is 0.232 e. The Kier molecular flexibility index (Phi) is 4.07. The van der Waals surface area contributed by atoms with Crippen LogP contribution in [0.5, 0.6) is 0 Å². The van der Waals surface area contributed by atoms with Gasteiger partial charge in [-0.15, -0.1) is 0 Å². The van der Waals surface area contributed by atoms with Gasteiger partial charge >= 0.3 is 0 Å². The molecule has 0 fully saturated rings. The molecule has 0 saturated carbocycles. The van der Waals surface area contributed by atoms with E-state index in [4.69, 9.17) is 0 Å². The molecule has 0 spiro atoms. The zero-order valence-electron chi connectivity index (χ0n) is 12.6. The van der Waals surface area contributed by atoms with Crippen molar-refractivity contribution in [1.29, 1.82) is 0 Å². The van der Waals surface area contributed by atoms with Crippen molar-refractivity contribution in [3.8, 4) is 0 Å². The SMILES string of the molecule is CCS(=O)(=O)Nc1ccc(N2CCc3ccccc3C2)cc1. The molecule has 0 radical (unpaired) electrons. The highest BCUT2D eigenvalue weighted by atomic mass is 32.2. The predicted molar refractivity (Wildman–Crippen MR) is 90.7 cm³/mol. The number of nitrogens with one attached hydrogen (secondary N) is 1. The van der Waals surface area contributed by atoms with Gasteiger partial charge in [0.1, 0.15) is 0 Å². The Morgan fingerprint density at radius 2 is 1.73 bits per heavy atom. The Labute approximate surface area is 131 Å². The summed E-state index contributed by atoms with van der Waals surface area (Å²) in [6.45, 7) is 3.51. The lowest BCUT2D eigenvalue weighted by Gasteiger charge is -2.30. The molecule has 2 aromatic carbocycles. The molecule has 0 aromatic heterocycles. The van der Waals surface area contributed by atoms with Crippen molar-refractivity contribution in [2.45, 2.75) is 19.9 Å². The summed E-state index contributed by atoms with van der Waals surface area (Å²) in [6, 6.07) is 16.1. The van der Waals surface area contributed by atoms with Crippen LogP contribution in [-0.4, -0.2) is 20.7 Å². The molecule has 3 rings (SSSR count). The monoisotopic (exact) mass is 316 g/mol. The molecule has 0 atom stereocenters. The minimum absolute atomic E-state index is 0.0810. The Balaban J connectivity index is 1.74. The van der Waals surface area contributed by atoms with E-state index in [0.717, 1.165) is 25.2 Å². The summed E-state index contributed by atoms with van der Waals surface area (Å²) in [5, 5.41) is 0. The van der Waals surface area contributed by atoms with Crippen LogP contribution in [0.3, 0.4) is 0 Å². The number of nitrogens with zero attached hydrogens (tertiary/aromatic N) is 1. The summed E-state index contributed by atoms with van der Waals surface area (Å²) < 4.78 is 25.7. The zero-order chi connectivity index (χ0) is 15.6. The molecule has 0 saturated heterocycles. The lowest BCUT2D eigenvalue weighted by atomic mass is 9.99. The standard InChI is InChI=1S/C17H20N2O2S/c1-2-22(20,21)18-16-7-9-17(10-8-16)19-12-11-14-5-3-4-6-15(14)13-19/h3-10,18H,2,11-13H2,1H3. The quantitative estimate of drug-likeness (QED) is 0.943. The van der Waals surface area contributed by atoms with Crippen LogP contribution in [0.2, 0.25) is 0 Å². The molecule has 0 aliphatic carbocycles. The number of fused-ring (bicyclic) bond motifs is 1. The lowest BCUT2D eigenvalue weighted by Crippen LogP contribution is -2.30. The summed E-state index contributed by atoms with van der Waals surface area (Å²) in [5.74, 6) is 0.0810. The van der Waals surface area contributed by atoms with E-state index in [9.17, 15) is 8.42 Å². The lowest BCUT2D eigenvalue weighted by molar-refractivity contribution is 0.602. The fourth-order valence-corrected chi connectivity index (χ4v) is 3.35. The molecule has 2 aromatic rings. The van der Waals surface area contributed by atoms with Crippen LogP contribution in [0.25, 0.3) is 0 Å². The largest absolute Gasteiger partial charge is 0.367 e. The van der Waals surface area contributed by atoms with Gasteiger partial charge in [0.15, 0.2) is 0 Å². The molecule has 1 aliphatic rings. The van der Waals surface area contributed by atoms with Crippen molar-refractivity contribution in [3.05, 3.63) is 59.7 Å². The van der Waals surface area contributed by atoms with E-state index in [1.54, 1.807) is 6.92 Å². The van der Waals surface area contributed by atoms with Crippen LogP contribution in [0, 0.1) is 0 Å². The van der Waals surface area contributed by atoms with Crippen molar-refractivity contribution < 1.29 is 8.42 Å². The molecule has 116 valence electrons. The average molecular weight is 316 g/mol. The van der Waals surface area contributed by atoms with E-state index < -0.39 is 10.0 Å².